The molecule has 26 heavy (non-hydrogen) atoms. The van der Waals surface area contributed by atoms with Crippen molar-refractivity contribution < 1.29 is 13.9 Å². The average molecular weight is 363 g/mol. The van der Waals surface area contributed by atoms with Crippen LogP contribution in [0.15, 0.2) is 24.3 Å². The Morgan fingerprint density at radius 2 is 2.00 bits per heavy atom. The van der Waals surface area contributed by atoms with E-state index >= 15 is 0 Å². The Morgan fingerprint density at radius 3 is 2.62 bits per heavy atom. The van der Waals surface area contributed by atoms with Crippen LogP contribution in [0, 0.1) is 5.82 Å². The van der Waals surface area contributed by atoms with Crippen molar-refractivity contribution in [1.29, 1.82) is 0 Å². The Balaban J connectivity index is 1.75. The van der Waals surface area contributed by atoms with Crippen molar-refractivity contribution in [2.75, 3.05) is 46.9 Å². The summed E-state index contributed by atoms with van der Waals surface area (Å²) in [5.41, 5.74) is 0.503. The number of ether oxygens (including phenoxy) is 1. The second kappa shape index (κ2) is 8.46. The summed E-state index contributed by atoms with van der Waals surface area (Å²) >= 11 is 0. The first-order valence-electron chi connectivity index (χ1n) is 9.53. The third-order valence-corrected chi connectivity index (χ3v) is 5.51. The van der Waals surface area contributed by atoms with Crippen LogP contribution in [0.1, 0.15) is 37.3 Å². The van der Waals surface area contributed by atoms with Crippen LogP contribution in [0.25, 0.3) is 0 Å². The molecule has 1 aliphatic heterocycles. The number of amides is 1. The van der Waals surface area contributed by atoms with Crippen LogP contribution < -0.4 is 5.32 Å². The van der Waals surface area contributed by atoms with E-state index in [0.29, 0.717) is 5.56 Å². The number of halogens is 1. The Morgan fingerprint density at radius 1 is 1.31 bits per heavy atom. The molecule has 0 aromatic heterocycles. The van der Waals surface area contributed by atoms with Gasteiger partial charge < -0.3 is 10.1 Å². The van der Waals surface area contributed by atoms with Crippen molar-refractivity contribution in [2.45, 2.75) is 37.3 Å². The molecule has 1 aromatic rings. The van der Waals surface area contributed by atoms with Crippen LogP contribution in [0.5, 0.6) is 0 Å². The van der Waals surface area contributed by atoms with Gasteiger partial charge >= 0.3 is 0 Å². The predicted octanol–water partition coefficient (Wildman–Crippen LogP) is 2.19. The number of carbonyl (C=O) groups is 1. The fourth-order valence-electron chi connectivity index (χ4n) is 4.25. The largest absolute Gasteiger partial charge is 0.379 e. The van der Waals surface area contributed by atoms with Gasteiger partial charge in [-0.25, -0.2) is 4.39 Å². The van der Waals surface area contributed by atoms with E-state index in [2.05, 4.69) is 10.2 Å². The molecule has 144 valence electrons. The van der Waals surface area contributed by atoms with Gasteiger partial charge in [0.2, 0.25) is 5.91 Å². The Hall–Kier alpha value is -1.50. The summed E-state index contributed by atoms with van der Waals surface area (Å²) in [5.74, 6) is -0.359. The van der Waals surface area contributed by atoms with E-state index in [9.17, 15) is 9.18 Å². The Labute approximate surface area is 155 Å². The van der Waals surface area contributed by atoms with Crippen LogP contribution in [-0.2, 0) is 9.53 Å². The third kappa shape index (κ3) is 4.61. The molecule has 0 spiro atoms. The fraction of sp³-hybridized carbons (Fsp3) is 0.650. The maximum Gasteiger partial charge on any atom is 0.242 e. The van der Waals surface area contributed by atoms with Crippen LogP contribution in [0.2, 0.25) is 0 Å². The number of rotatable bonds is 6. The molecule has 1 aliphatic carbocycles. The topological polar surface area (TPSA) is 44.8 Å². The van der Waals surface area contributed by atoms with Gasteiger partial charge in [0.15, 0.2) is 0 Å². The minimum atomic E-state index is -0.493. The van der Waals surface area contributed by atoms with Crippen LogP contribution in [-0.4, -0.2) is 68.2 Å². The number of morpholine rings is 1. The second-order valence-corrected chi connectivity index (χ2v) is 7.79. The number of nitrogens with zero attached hydrogens (tertiary/aromatic N) is 2. The van der Waals surface area contributed by atoms with Gasteiger partial charge in [0.1, 0.15) is 11.9 Å². The van der Waals surface area contributed by atoms with E-state index in [-0.39, 0.29) is 17.3 Å². The van der Waals surface area contributed by atoms with Gasteiger partial charge in [0.05, 0.1) is 18.8 Å². The summed E-state index contributed by atoms with van der Waals surface area (Å²) in [6, 6.07) is 5.84. The van der Waals surface area contributed by atoms with Gasteiger partial charge in [0.25, 0.3) is 0 Å². The normalized spacial score (nSPS) is 21.7. The Kier molecular flexibility index (Phi) is 6.27. The van der Waals surface area contributed by atoms with E-state index in [4.69, 9.17) is 4.74 Å². The molecule has 5 nitrogen and oxygen atoms in total. The molecule has 3 rings (SSSR count). The van der Waals surface area contributed by atoms with Gasteiger partial charge in [-0.3, -0.25) is 14.6 Å². The van der Waals surface area contributed by atoms with Crippen molar-refractivity contribution in [1.82, 2.24) is 15.1 Å². The lowest BCUT2D eigenvalue weighted by Crippen LogP contribution is -2.57. The lowest BCUT2D eigenvalue weighted by atomic mass is 9.94. The first kappa shape index (κ1) is 19.3. The summed E-state index contributed by atoms with van der Waals surface area (Å²) in [7, 11) is 3.72. The number of benzene rings is 1. The minimum Gasteiger partial charge on any atom is -0.379 e. The maximum absolute atomic E-state index is 13.7. The van der Waals surface area contributed by atoms with Crippen molar-refractivity contribution >= 4 is 5.91 Å². The van der Waals surface area contributed by atoms with Gasteiger partial charge in [-0.2, -0.15) is 0 Å². The smallest absolute Gasteiger partial charge is 0.242 e. The van der Waals surface area contributed by atoms with Gasteiger partial charge in [0, 0.05) is 19.6 Å². The van der Waals surface area contributed by atoms with Crippen molar-refractivity contribution in [3.05, 3.63) is 35.6 Å². The zero-order chi connectivity index (χ0) is 18.6. The molecule has 0 bridgehead atoms. The molecule has 0 radical (unpaired) electrons. The summed E-state index contributed by atoms with van der Waals surface area (Å²) in [5, 5.41) is 3.35. The summed E-state index contributed by atoms with van der Waals surface area (Å²) in [6.07, 6.45) is 4.27. The van der Waals surface area contributed by atoms with Crippen LogP contribution >= 0.6 is 0 Å². The van der Waals surface area contributed by atoms with Gasteiger partial charge in [-0.05, 0) is 44.6 Å². The third-order valence-electron chi connectivity index (χ3n) is 5.51. The van der Waals surface area contributed by atoms with E-state index in [0.717, 1.165) is 58.5 Å². The van der Waals surface area contributed by atoms with Gasteiger partial charge in [-0.15, -0.1) is 0 Å². The van der Waals surface area contributed by atoms with E-state index in [1.165, 1.54) is 12.1 Å². The second-order valence-electron chi connectivity index (χ2n) is 7.79. The molecule has 1 amide bonds. The van der Waals surface area contributed by atoms with E-state index < -0.39 is 6.04 Å². The van der Waals surface area contributed by atoms with Crippen LogP contribution in [0.4, 0.5) is 4.39 Å². The number of hydrogen-bond acceptors (Lipinski definition) is 4. The molecule has 1 N–H and O–H groups in total. The van der Waals surface area contributed by atoms with E-state index in [1.807, 2.05) is 25.1 Å². The zero-order valence-corrected chi connectivity index (χ0v) is 15.8. The number of carbonyl (C=O) groups excluding carboxylic acids is 1. The molecular weight excluding hydrogens is 333 g/mol. The highest BCUT2D eigenvalue weighted by molar-refractivity contribution is 5.84. The highest BCUT2D eigenvalue weighted by Gasteiger charge is 2.39. The minimum absolute atomic E-state index is 0.0456. The lowest BCUT2D eigenvalue weighted by Gasteiger charge is -2.39. The molecule has 2 fully saturated rings. The first-order valence-corrected chi connectivity index (χ1v) is 9.53. The monoisotopic (exact) mass is 363 g/mol. The highest BCUT2D eigenvalue weighted by atomic mass is 19.1. The SMILES string of the molecule is CN(C)[C@H](C(=O)NC1(CN2CCOCC2)CCCC1)c1cccc(F)c1. The quantitative estimate of drug-likeness (QED) is 0.842. The van der Waals surface area contributed by atoms with Crippen molar-refractivity contribution in [3.8, 4) is 0 Å². The molecule has 1 aromatic carbocycles. The fourth-order valence-corrected chi connectivity index (χ4v) is 4.25. The molecular formula is C20H30FN3O2. The van der Waals surface area contributed by atoms with Crippen molar-refractivity contribution in [2.24, 2.45) is 0 Å². The average Bonchev–Trinajstić information content (AvgIpc) is 3.03. The number of nitrogens with one attached hydrogen (secondary N) is 1. The molecule has 6 heteroatoms. The molecule has 1 saturated carbocycles. The molecule has 1 atom stereocenters. The van der Waals surface area contributed by atoms with Crippen LogP contribution in [0.3, 0.4) is 0 Å². The highest BCUT2D eigenvalue weighted by Crippen LogP contribution is 2.32. The molecule has 0 unspecified atom stereocenters. The summed E-state index contributed by atoms with van der Waals surface area (Å²) in [4.78, 5) is 17.4. The maximum atomic E-state index is 13.7. The molecule has 1 saturated heterocycles. The van der Waals surface area contributed by atoms with E-state index in [1.54, 1.807) is 6.07 Å². The molecule has 2 aliphatic rings. The Bertz CT molecular complexity index is 611. The lowest BCUT2D eigenvalue weighted by molar-refractivity contribution is -0.128. The summed E-state index contributed by atoms with van der Waals surface area (Å²) in [6.45, 7) is 4.21. The standard InChI is InChI=1S/C20H30FN3O2/c1-23(2)18(16-6-5-7-17(21)14-16)19(25)22-20(8-3-4-9-20)15-24-10-12-26-13-11-24/h5-7,14,18H,3-4,8-13,15H2,1-2H3,(H,22,25)/t18-/m0/s1. The van der Waals surface area contributed by atoms with Crippen molar-refractivity contribution in [3.63, 3.8) is 0 Å². The zero-order valence-electron chi connectivity index (χ0n) is 15.8. The number of likely N-dealkylation sites (N-methyl/N-ethyl adjacent to an activating group) is 1. The first-order chi connectivity index (χ1) is 12.5. The van der Waals surface area contributed by atoms with Gasteiger partial charge in [-0.1, -0.05) is 25.0 Å². The summed E-state index contributed by atoms with van der Waals surface area (Å²) < 4.78 is 19.1. The predicted molar refractivity (Wildman–Crippen MR) is 99.4 cm³/mol. The number of hydrogen-bond donors (Lipinski definition) is 1. The molecule has 1 heterocycles.